The monoisotopic (exact) mass is 637 g/mol. The molecule has 0 spiro atoms. The number of ether oxygens (including phenoxy) is 1. The van der Waals surface area contributed by atoms with Crippen molar-refractivity contribution in [3.8, 4) is 5.75 Å². The number of thioether (sulfide) groups is 1. The fourth-order valence-corrected chi connectivity index (χ4v) is 6.93. The normalized spacial score (nSPS) is 17.1. The van der Waals surface area contributed by atoms with Gasteiger partial charge in [-0.3, -0.25) is 14.4 Å². The molecule has 1 unspecified atom stereocenters. The summed E-state index contributed by atoms with van der Waals surface area (Å²) in [7, 11) is 0. The number of halogens is 1. The minimum atomic E-state index is -1.60. The van der Waals surface area contributed by atoms with Gasteiger partial charge in [-0.2, -0.15) is 0 Å². The van der Waals surface area contributed by atoms with Crippen molar-refractivity contribution in [2.45, 2.75) is 70.5 Å². The summed E-state index contributed by atoms with van der Waals surface area (Å²) in [5.74, 6) is -0.623. The number of nitrogens with zero attached hydrogens (tertiary/aromatic N) is 1. The van der Waals surface area contributed by atoms with E-state index in [1.54, 1.807) is 12.1 Å². The Morgan fingerprint density at radius 3 is 2.32 bits per heavy atom. The van der Waals surface area contributed by atoms with E-state index in [-0.39, 0.29) is 24.8 Å². The van der Waals surface area contributed by atoms with E-state index in [4.69, 9.17) is 16.3 Å². The molecule has 0 aromatic heterocycles. The summed E-state index contributed by atoms with van der Waals surface area (Å²) in [6, 6.07) is 18.8. The van der Waals surface area contributed by atoms with Crippen molar-refractivity contribution in [3.05, 3.63) is 99.6 Å². The molecule has 1 aliphatic rings. The Morgan fingerprint density at radius 2 is 1.66 bits per heavy atom. The van der Waals surface area contributed by atoms with Crippen LogP contribution in [0, 0.1) is 20.8 Å². The molecule has 0 aliphatic carbocycles. The molecular weight excluding hydrogens is 598 g/mol. The van der Waals surface area contributed by atoms with E-state index < -0.39 is 34.7 Å². The molecule has 1 heterocycles. The quantitative estimate of drug-likeness (QED) is 0.281. The first-order valence-electron chi connectivity index (χ1n) is 14.5. The molecule has 8 nitrogen and oxygen atoms in total. The summed E-state index contributed by atoms with van der Waals surface area (Å²) in [4.78, 5) is 41.9. The van der Waals surface area contributed by atoms with Gasteiger partial charge in [0.25, 0.3) is 11.8 Å². The number of amides is 3. The van der Waals surface area contributed by atoms with E-state index in [0.717, 1.165) is 27.8 Å². The lowest BCUT2D eigenvalue weighted by molar-refractivity contribution is -0.148. The zero-order valence-corrected chi connectivity index (χ0v) is 27.3. The highest BCUT2D eigenvalue weighted by Gasteiger charge is 2.49. The van der Waals surface area contributed by atoms with Crippen molar-refractivity contribution in [1.29, 1.82) is 0 Å². The second-order valence-electron chi connectivity index (χ2n) is 11.7. The van der Waals surface area contributed by atoms with E-state index in [0.29, 0.717) is 17.3 Å². The Bertz CT molecular complexity index is 1480. The number of aliphatic hydroxyl groups is 1. The highest BCUT2D eigenvalue weighted by atomic mass is 35.5. The molecule has 3 aromatic carbocycles. The maximum atomic E-state index is 13.9. The molecule has 10 heteroatoms. The van der Waals surface area contributed by atoms with Crippen LogP contribution < -0.4 is 15.4 Å². The number of aliphatic hydroxyl groups excluding tert-OH is 1. The molecule has 234 valence electrons. The number of hydrogen-bond donors (Lipinski definition) is 3. The van der Waals surface area contributed by atoms with Gasteiger partial charge in [-0.05, 0) is 81.0 Å². The topological polar surface area (TPSA) is 108 Å². The number of hydrogen-bond acceptors (Lipinski definition) is 6. The first-order valence-corrected chi connectivity index (χ1v) is 15.9. The number of carbonyl (C=O) groups is 3. The molecule has 4 rings (SSSR count). The maximum Gasteiger partial charge on any atom is 0.258 e. The highest BCUT2D eigenvalue weighted by molar-refractivity contribution is 8.00. The fourth-order valence-electron chi connectivity index (χ4n) is 5.46. The summed E-state index contributed by atoms with van der Waals surface area (Å²) in [5, 5.41) is 17.8. The summed E-state index contributed by atoms with van der Waals surface area (Å²) in [6.07, 6.45) is -1.40. The van der Waals surface area contributed by atoms with Gasteiger partial charge in [-0.25, -0.2) is 0 Å². The van der Waals surface area contributed by atoms with Crippen LogP contribution in [-0.2, 0) is 27.3 Å². The van der Waals surface area contributed by atoms with Crippen molar-refractivity contribution in [2.24, 2.45) is 0 Å². The molecule has 0 saturated carbocycles. The predicted octanol–water partition coefficient (Wildman–Crippen LogP) is 4.73. The van der Waals surface area contributed by atoms with Gasteiger partial charge in [-0.1, -0.05) is 66.2 Å². The van der Waals surface area contributed by atoms with Crippen LogP contribution in [0.4, 0.5) is 0 Å². The average molecular weight is 638 g/mol. The van der Waals surface area contributed by atoms with Crippen LogP contribution in [0.5, 0.6) is 5.75 Å². The largest absolute Gasteiger partial charge is 0.483 e. The molecule has 0 bridgehead atoms. The van der Waals surface area contributed by atoms with Gasteiger partial charge in [0.2, 0.25) is 5.91 Å². The van der Waals surface area contributed by atoms with Gasteiger partial charge in [0.15, 0.2) is 12.7 Å². The van der Waals surface area contributed by atoms with Crippen LogP contribution in [0.3, 0.4) is 0 Å². The fraction of sp³-hybridized carbons (Fsp3) is 0.382. The van der Waals surface area contributed by atoms with Crippen LogP contribution in [0.15, 0.2) is 66.7 Å². The van der Waals surface area contributed by atoms with Gasteiger partial charge in [0.1, 0.15) is 11.8 Å². The molecule has 1 aliphatic heterocycles. The Labute approximate surface area is 268 Å². The molecule has 0 radical (unpaired) electrons. The average Bonchev–Trinajstić information content (AvgIpc) is 3.30. The van der Waals surface area contributed by atoms with Crippen molar-refractivity contribution in [1.82, 2.24) is 15.5 Å². The standard InChI is InChI=1S/C34H40ClN3O5S/c1-21-11-9-10-14-25(21)18-36-32(41)31-34(4,5)44-20-38(31)33(42)29(40)27(17-24-12-7-6-8-13-24)37-28(39)19-43-30-22(2)15-26(35)16-23(30)3/h6-16,27,29,31,40H,17-20H2,1-5H3,(H,36,41)(H,37,39)/t27-,29-,31?/m0/s1. The van der Waals surface area contributed by atoms with E-state index in [9.17, 15) is 19.5 Å². The first-order chi connectivity index (χ1) is 20.9. The van der Waals surface area contributed by atoms with E-state index in [2.05, 4.69) is 10.6 Å². The van der Waals surface area contributed by atoms with Crippen molar-refractivity contribution < 1.29 is 24.2 Å². The zero-order valence-electron chi connectivity index (χ0n) is 25.7. The minimum absolute atomic E-state index is 0.201. The van der Waals surface area contributed by atoms with Gasteiger partial charge in [0, 0.05) is 16.3 Å². The van der Waals surface area contributed by atoms with Crippen LogP contribution in [0.2, 0.25) is 5.02 Å². The number of aryl methyl sites for hydroxylation is 3. The lowest BCUT2D eigenvalue weighted by Crippen LogP contribution is -2.59. The van der Waals surface area contributed by atoms with Gasteiger partial charge >= 0.3 is 0 Å². The van der Waals surface area contributed by atoms with E-state index >= 15 is 0 Å². The van der Waals surface area contributed by atoms with Crippen LogP contribution in [0.1, 0.15) is 41.7 Å². The molecule has 3 aromatic rings. The Morgan fingerprint density at radius 1 is 1.02 bits per heavy atom. The van der Waals surface area contributed by atoms with Crippen LogP contribution in [-0.4, -0.2) is 63.1 Å². The molecule has 44 heavy (non-hydrogen) atoms. The van der Waals surface area contributed by atoms with Gasteiger partial charge in [-0.15, -0.1) is 11.8 Å². The first kappa shape index (κ1) is 33.4. The minimum Gasteiger partial charge on any atom is -0.483 e. The Balaban J connectivity index is 1.49. The highest BCUT2D eigenvalue weighted by Crippen LogP contribution is 2.40. The summed E-state index contributed by atoms with van der Waals surface area (Å²) in [6.45, 7) is 9.50. The van der Waals surface area contributed by atoms with Crippen molar-refractivity contribution >= 4 is 41.1 Å². The number of rotatable bonds is 11. The second kappa shape index (κ2) is 14.5. The van der Waals surface area contributed by atoms with Crippen molar-refractivity contribution in [3.63, 3.8) is 0 Å². The Hall–Kier alpha value is -3.53. The number of carbonyl (C=O) groups excluding carboxylic acids is 3. The SMILES string of the molecule is Cc1ccccc1CNC(=O)C1N(C(=O)[C@@H](O)[C@H](Cc2ccccc2)NC(=O)COc2c(C)cc(Cl)cc2C)CSC1(C)C. The number of nitrogens with one attached hydrogen (secondary N) is 2. The third-order valence-electron chi connectivity index (χ3n) is 7.84. The summed E-state index contributed by atoms with van der Waals surface area (Å²) in [5.41, 5.74) is 4.46. The lowest BCUT2D eigenvalue weighted by Gasteiger charge is -2.33. The zero-order chi connectivity index (χ0) is 32.0. The van der Waals surface area contributed by atoms with Crippen LogP contribution in [0.25, 0.3) is 0 Å². The third-order valence-corrected chi connectivity index (χ3v) is 9.44. The smallest absolute Gasteiger partial charge is 0.258 e. The van der Waals surface area contributed by atoms with Crippen molar-refractivity contribution in [2.75, 3.05) is 12.5 Å². The van der Waals surface area contributed by atoms with Gasteiger partial charge in [0.05, 0.1) is 11.9 Å². The predicted molar refractivity (Wildman–Crippen MR) is 175 cm³/mol. The Kier molecular flexibility index (Phi) is 11.0. The molecular formula is C34H40ClN3O5S. The number of benzene rings is 3. The molecule has 3 amide bonds. The van der Waals surface area contributed by atoms with Crippen LogP contribution >= 0.6 is 23.4 Å². The van der Waals surface area contributed by atoms with E-state index in [1.807, 2.05) is 89.2 Å². The molecule has 1 saturated heterocycles. The van der Waals surface area contributed by atoms with E-state index in [1.165, 1.54) is 16.7 Å². The molecule has 1 fully saturated rings. The molecule has 3 atom stereocenters. The third kappa shape index (κ3) is 8.14. The lowest BCUT2D eigenvalue weighted by atomic mass is 9.97. The summed E-state index contributed by atoms with van der Waals surface area (Å²) < 4.78 is 5.23. The summed E-state index contributed by atoms with van der Waals surface area (Å²) >= 11 is 7.59. The molecule has 3 N–H and O–H groups in total. The second-order valence-corrected chi connectivity index (χ2v) is 13.7. The van der Waals surface area contributed by atoms with Gasteiger partial charge < -0.3 is 25.4 Å². The maximum absolute atomic E-state index is 13.9.